The minimum absolute atomic E-state index is 2.19. The fourth-order valence-corrected chi connectivity index (χ4v) is 0.521. The first-order chi connectivity index (χ1) is 5.28. The number of rotatable bonds is 0. The molecule has 0 unspecified atom stereocenters. The van der Waals surface area contributed by atoms with Gasteiger partial charge in [-0.3, -0.25) is 0 Å². The monoisotopic (exact) mass is 198 g/mol. The smallest absolute Gasteiger partial charge is 0.469 e. The summed E-state index contributed by atoms with van der Waals surface area (Å²) in [5.74, 6) is 0. The van der Waals surface area contributed by atoms with Gasteiger partial charge in [0, 0.05) is 0 Å². The van der Waals surface area contributed by atoms with E-state index in [-0.39, 0.29) is 0 Å². The van der Waals surface area contributed by atoms with Crippen LogP contribution in [0.15, 0.2) is 0 Å². The molecule has 0 saturated heterocycles. The molecule has 0 radical (unpaired) electrons. The molecule has 0 aliphatic carbocycles. The summed E-state index contributed by atoms with van der Waals surface area (Å²) in [5.41, 5.74) is 0. The number of carbonyl (C=O) groups excluding carboxylic acids is 1. The molecule has 0 spiro atoms. The first kappa shape index (κ1) is 10.4. The fraction of sp³-hybridized carbons (Fsp3) is 0. The Morgan fingerprint density at radius 1 is 1.08 bits per heavy atom. The van der Waals surface area contributed by atoms with Gasteiger partial charge in [0.1, 0.15) is 0 Å². The van der Waals surface area contributed by atoms with Crippen LogP contribution in [0.4, 0.5) is 14.4 Å². The van der Waals surface area contributed by atoms with Crippen molar-refractivity contribution in [3.63, 3.8) is 0 Å². The Kier molecular flexibility index (Phi) is 2.74. The van der Waals surface area contributed by atoms with Gasteiger partial charge in [-0.2, -0.15) is 0 Å². The highest BCUT2D eigenvalue weighted by molar-refractivity contribution is 8.18. The third-order valence-corrected chi connectivity index (χ3v) is 1.60. The summed E-state index contributed by atoms with van der Waals surface area (Å²) in [7, 11) is -5.20. The van der Waals surface area contributed by atoms with Crippen LogP contribution in [-0.2, 0) is 14.6 Å². The van der Waals surface area contributed by atoms with E-state index in [9.17, 15) is 22.8 Å². The normalized spacial score (nSPS) is 10.3. The number of hydrogen-bond acceptors (Lipinski definition) is 6. The molecule has 0 amide bonds. The topological polar surface area (TPSA) is 135 Å². The summed E-state index contributed by atoms with van der Waals surface area (Å²) in [6.45, 7) is 0. The molecule has 0 rings (SSSR count). The first-order valence-electron chi connectivity index (χ1n) is 2.21. The van der Waals surface area contributed by atoms with Crippen molar-refractivity contribution in [3.8, 4) is 0 Å². The van der Waals surface area contributed by atoms with Gasteiger partial charge in [0.2, 0.25) is 0 Å². The van der Waals surface area contributed by atoms with Crippen molar-refractivity contribution in [1.82, 2.24) is 0 Å². The quantitative estimate of drug-likeness (QED) is 0.406. The van der Waals surface area contributed by atoms with Gasteiger partial charge in [0.25, 0.3) is 0 Å². The number of ether oxygens (including phenoxy) is 1. The summed E-state index contributed by atoms with van der Waals surface area (Å²) in [6, 6.07) is 0. The maximum Gasteiger partial charge on any atom is 0.514 e. The SMILES string of the molecule is O=C(O)OC(=O)S(=O)(=O)C(=O)O. The van der Waals surface area contributed by atoms with E-state index in [4.69, 9.17) is 10.2 Å². The Bertz CT molecular complexity index is 322. The van der Waals surface area contributed by atoms with E-state index >= 15 is 0 Å². The van der Waals surface area contributed by atoms with Crippen LogP contribution >= 0.6 is 0 Å². The van der Waals surface area contributed by atoms with Crippen LogP contribution in [0.3, 0.4) is 0 Å². The van der Waals surface area contributed by atoms with Gasteiger partial charge in [-0.15, -0.1) is 0 Å². The lowest BCUT2D eigenvalue weighted by atomic mass is 11.3. The Morgan fingerprint density at radius 2 is 1.50 bits per heavy atom. The van der Waals surface area contributed by atoms with Crippen LogP contribution in [0, 0.1) is 0 Å². The van der Waals surface area contributed by atoms with Crippen LogP contribution in [0.5, 0.6) is 0 Å². The molecule has 2 N–H and O–H groups in total. The Hall–Kier alpha value is -1.64. The van der Waals surface area contributed by atoms with Crippen LogP contribution < -0.4 is 0 Å². The third kappa shape index (κ3) is 2.20. The second-order valence-electron chi connectivity index (χ2n) is 1.39. The largest absolute Gasteiger partial charge is 0.514 e. The lowest BCUT2D eigenvalue weighted by Crippen LogP contribution is -2.25. The van der Waals surface area contributed by atoms with Gasteiger partial charge in [-0.1, -0.05) is 0 Å². The minimum Gasteiger partial charge on any atom is -0.469 e. The summed E-state index contributed by atoms with van der Waals surface area (Å²) >= 11 is 0. The summed E-state index contributed by atoms with van der Waals surface area (Å²) in [6.07, 6.45) is -2.19. The molecule has 0 saturated carbocycles. The molecule has 0 atom stereocenters. The molecule has 0 aliphatic heterocycles. The highest BCUT2D eigenvalue weighted by Gasteiger charge is 2.34. The maximum absolute atomic E-state index is 10.2. The van der Waals surface area contributed by atoms with Crippen LogP contribution in [-0.4, -0.2) is 35.4 Å². The molecule has 0 heterocycles. The average Bonchev–Trinajstić information content (AvgIpc) is 1.85. The van der Waals surface area contributed by atoms with E-state index in [1.807, 2.05) is 0 Å². The van der Waals surface area contributed by atoms with Crippen LogP contribution in [0.25, 0.3) is 0 Å². The van der Waals surface area contributed by atoms with Crippen molar-refractivity contribution in [2.45, 2.75) is 0 Å². The third-order valence-electron chi connectivity index (χ3n) is 0.620. The Labute approximate surface area is 65.3 Å². The van der Waals surface area contributed by atoms with Gasteiger partial charge in [-0.05, 0) is 0 Å². The molecule has 68 valence electrons. The molecule has 0 aromatic heterocycles. The zero-order valence-corrected chi connectivity index (χ0v) is 6.07. The van der Waals surface area contributed by atoms with E-state index in [1.54, 1.807) is 0 Å². The van der Waals surface area contributed by atoms with Gasteiger partial charge in [-0.25, -0.2) is 22.8 Å². The van der Waals surface area contributed by atoms with Crippen molar-refractivity contribution >= 4 is 26.6 Å². The fourth-order valence-electron chi connectivity index (χ4n) is 0.197. The molecule has 0 aromatic carbocycles. The second kappa shape index (κ2) is 3.17. The molecular formula is C3H2O8S. The van der Waals surface area contributed by atoms with E-state index in [0.29, 0.717) is 0 Å². The lowest BCUT2D eigenvalue weighted by molar-refractivity contribution is 0.120. The number of carboxylic acid groups (broad SMARTS) is 2. The summed E-state index contributed by atoms with van der Waals surface area (Å²) < 4.78 is 23.5. The van der Waals surface area contributed by atoms with Crippen molar-refractivity contribution in [3.05, 3.63) is 0 Å². The van der Waals surface area contributed by atoms with Crippen molar-refractivity contribution in [2.75, 3.05) is 0 Å². The van der Waals surface area contributed by atoms with E-state index in [0.717, 1.165) is 0 Å². The van der Waals surface area contributed by atoms with Crippen molar-refractivity contribution in [1.29, 1.82) is 0 Å². The Balaban J connectivity index is 4.73. The molecule has 0 aromatic rings. The zero-order valence-electron chi connectivity index (χ0n) is 5.25. The second-order valence-corrected chi connectivity index (χ2v) is 3.08. The molecule has 12 heavy (non-hydrogen) atoms. The van der Waals surface area contributed by atoms with E-state index < -0.39 is 26.6 Å². The van der Waals surface area contributed by atoms with Crippen molar-refractivity contribution < 1.29 is 37.8 Å². The summed E-state index contributed by atoms with van der Waals surface area (Å²) in [5, 5.41) is 10.8. The molecule has 9 heteroatoms. The maximum atomic E-state index is 10.2. The Morgan fingerprint density at radius 3 is 1.75 bits per heavy atom. The predicted molar refractivity (Wildman–Crippen MR) is 31.5 cm³/mol. The molecule has 8 nitrogen and oxygen atoms in total. The molecular weight excluding hydrogens is 196 g/mol. The zero-order chi connectivity index (χ0) is 9.94. The number of hydrogen-bond donors (Lipinski definition) is 2. The van der Waals surface area contributed by atoms with Gasteiger partial charge in [0.15, 0.2) is 0 Å². The average molecular weight is 198 g/mol. The predicted octanol–water partition coefficient (Wildman–Crippen LogP) is -0.106. The van der Waals surface area contributed by atoms with Gasteiger partial charge >= 0.3 is 26.6 Å². The van der Waals surface area contributed by atoms with E-state index in [2.05, 4.69) is 4.74 Å². The van der Waals surface area contributed by atoms with Crippen LogP contribution in [0.1, 0.15) is 0 Å². The van der Waals surface area contributed by atoms with Gasteiger partial charge < -0.3 is 14.9 Å². The highest BCUT2D eigenvalue weighted by atomic mass is 32.2. The number of sulfone groups is 1. The van der Waals surface area contributed by atoms with Gasteiger partial charge in [0.05, 0.1) is 0 Å². The van der Waals surface area contributed by atoms with Crippen LogP contribution in [0.2, 0.25) is 0 Å². The summed E-state index contributed by atoms with van der Waals surface area (Å²) in [4.78, 5) is 29.5. The highest BCUT2D eigenvalue weighted by Crippen LogP contribution is 1.97. The molecule has 0 fully saturated rings. The lowest BCUT2D eigenvalue weighted by Gasteiger charge is -1.94. The number of carbonyl (C=O) groups is 3. The minimum atomic E-state index is -5.20. The standard InChI is InChI=1S/C3H2O8S/c4-1(5)11-3(8)12(9,10)2(6)7/h(H,4,5)(H,6,7). The molecule has 0 aliphatic rings. The molecule has 0 bridgehead atoms. The van der Waals surface area contributed by atoms with Crippen molar-refractivity contribution in [2.24, 2.45) is 0 Å². The van der Waals surface area contributed by atoms with E-state index in [1.165, 1.54) is 0 Å². The first-order valence-corrected chi connectivity index (χ1v) is 3.69.